The fourth-order valence-corrected chi connectivity index (χ4v) is 4.90. The summed E-state index contributed by atoms with van der Waals surface area (Å²) < 4.78 is 58.2. The zero-order chi connectivity index (χ0) is 28.6. The molecule has 0 aliphatic carbocycles. The van der Waals surface area contributed by atoms with Gasteiger partial charge in [-0.2, -0.15) is 10.5 Å². The van der Waals surface area contributed by atoms with E-state index < -0.39 is 69.4 Å². The second kappa shape index (κ2) is 8.31. The Labute approximate surface area is 220 Å². The first kappa shape index (κ1) is 24.5. The summed E-state index contributed by atoms with van der Waals surface area (Å²) in [6.45, 7) is 0. The van der Waals surface area contributed by atoms with Crippen molar-refractivity contribution in [3.05, 3.63) is 105 Å². The smallest absolute Gasteiger partial charge is 0.266 e. The van der Waals surface area contributed by atoms with Crippen molar-refractivity contribution in [2.75, 3.05) is 9.80 Å². The first-order valence-corrected chi connectivity index (χ1v) is 11.2. The lowest BCUT2D eigenvalue weighted by atomic mass is 9.85. The van der Waals surface area contributed by atoms with Crippen LogP contribution in [0, 0.1) is 45.9 Å². The number of rotatable bonds is 2. The van der Waals surface area contributed by atoms with Gasteiger partial charge in [0.25, 0.3) is 23.6 Å². The van der Waals surface area contributed by atoms with E-state index in [2.05, 4.69) is 0 Å². The van der Waals surface area contributed by atoms with Gasteiger partial charge in [0.1, 0.15) is 35.4 Å². The van der Waals surface area contributed by atoms with Crippen molar-refractivity contribution in [2.24, 2.45) is 0 Å². The van der Waals surface area contributed by atoms with E-state index in [0.29, 0.717) is 34.1 Å². The summed E-state index contributed by atoms with van der Waals surface area (Å²) in [5.74, 6) is -9.13. The maximum absolute atomic E-state index is 14.8. The van der Waals surface area contributed by atoms with E-state index >= 15 is 0 Å². The van der Waals surface area contributed by atoms with E-state index in [1.54, 1.807) is 0 Å². The second-order valence-electron chi connectivity index (χ2n) is 8.75. The van der Waals surface area contributed by atoms with Gasteiger partial charge in [0, 0.05) is 45.2 Å². The maximum Gasteiger partial charge on any atom is 0.266 e. The van der Waals surface area contributed by atoms with Gasteiger partial charge in [-0.1, -0.05) is 0 Å². The standard InChI is InChI=1S/C28H8F4N4O4/c29-17-7-21(19(31)5-11(17)9-33)35-25(37)13-1-2-14-24-16(4-3-15(23(13)24)27(35)39)28(40)36(26(14)38)22-8-18(30)12(10-34)6-20(22)32/h1-8H. The first-order valence-electron chi connectivity index (χ1n) is 11.2. The average Bonchev–Trinajstić information content (AvgIpc) is 2.93. The molecule has 6 rings (SSSR count). The lowest BCUT2D eigenvalue weighted by Crippen LogP contribution is -2.44. The van der Waals surface area contributed by atoms with Crippen molar-refractivity contribution >= 4 is 45.8 Å². The van der Waals surface area contributed by atoms with Gasteiger partial charge in [-0.25, -0.2) is 27.4 Å². The van der Waals surface area contributed by atoms with Crippen molar-refractivity contribution in [3.63, 3.8) is 0 Å². The van der Waals surface area contributed by atoms with Crippen LogP contribution in [0.2, 0.25) is 0 Å². The summed E-state index contributed by atoms with van der Waals surface area (Å²) in [6.07, 6.45) is 0. The molecule has 0 N–H and O–H groups in total. The molecule has 0 saturated carbocycles. The predicted octanol–water partition coefficient (Wildman–Crippen LogP) is 4.74. The van der Waals surface area contributed by atoms with Gasteiger partial charge in [0.2, 0.25) is 0 Å². The van der Waals surface area contributed by atoms with Gasteiger partial charge in [-0.05, 0) is 36.4 Å². The largest absolute Gasteiger partial charge is 0.268 e. The quantitative estimate of drug-likeness (QED) is 0.267. The third kappa shape index (κ3) is 3.10. The summed E-state index contributed by atoms with van der Waals surface area (Å²) in [5, 5.41) is 17.6. The minimum absolute atomic E-state index is 0.108. The molecule has 0 unspecified atom stereocenters. The molecular formula is C28H8F4N4O4. The molecule has 0 saturated heterocycles. The molecule has 2 aliphatic heterocycles. The molecule has 0 atom stereocenters. The molecule has 8 nitrogen and oxygen atoms in total. The normalized spacial score (nSPS) is 14.1. The summed E-state index contributed by atoms with van der Waals surface area (Å²) >= 11 is 0. The summed E-state index contributed by atoms with van der Waals surface area (Å²) in [4.78, 5) is 54.4. The van der Waals surface area contributed by atoms with E-state index in [1.807, 2.05) is 0 Å². The molecule has 2 aliphatic rings. The lowest BCUT2D eigenvalue weighted by molar-refractivity contribution is 0.0871. The molecule has 4 amide bonds. The Hall–Kier alpha value is -5.88. The molecule has 12 heteroatoms. The Morgan fingerprint density at radius 3 is 1.07 bits per heavy atom. The number of amides is 4. The molecule has 192 valence electrons. The monoisotopic (exact) mass is 540 g/mol. The number of carbonyl (C=O) groups excluding carboxylic acids is 4. The van der Waals surface area contributed by atoms with Gasteiger partial charge in [0.15, 0.2) is 0 Å². The second-order valence-corrected chi connectivity index (χ2v) is 8.75. The van der Waals surface area contributed by atoms with Crippen molar-refractivity contribution in [2.45, 2.75) is 0 Å². The number of benzene rings is 4. The number of imide groups is 2. The SMILES string of the molecule is N#Cc1cc(F)c(N2C(=O)c3ccc4c5c(ccc(c35)C2=O)C(=O)N(c2cc(F)c(C#N)cc2F)C4=O)cc1F. The summed E-state index contributed by atoms with van der Waals surface area (Å²) in [5.41, 5.74) is -3.65. The van der Waals surface area contributed by atoms with Crippen molar-refractivity contribution in [3.8, 4) is 12.1 Å². The number of carbonyl (C=O) groups is 4. The Morgan fingerprint density at radius 2 is 0.800 bits per heavy atom. The molecule has 0 fully saturated rings. The van der Waals surface area contributed by atoms with Crippen LogP contribution >= 0.6 is 0 Å². The number of halogens is 4. The average molecular weight is 540 g/mol. The fourth-order valence-electron chi connectivity index (χ4n) is 4.90. The van der Waals surface area contributed by atoms with E-state index in [-0.39, 0.29) is 33.0 Å². The van der Waals surface area contributed by atoms with Crippen LogP contribution in [0.25, 0.3) is 10.8 Å². The maximum atomic E-state index is 14.8. The van der Waals surface area contributed by atoms with Crippen molar-refractivity contribution in [1.29, 1.82) is 10.5 Å². The van der Waals surface area contributed by atoms with Crippen LogP contribution < -0.4 is 9.80 Å². The van der Waals surface area contributed by atoms with Crippen LogP contribution in [0.4, 0.5) is 28.9 Å². The van der Waals surface area contributed by atoms with E-state index in [1.165, 1.54) is 12.1 Å². The summed E-state index contributed by atoms with van der Waals surface area (Å²) in [6, 6.07) is 9.58. The van der Waals surface area contributed by atoms with Crippen LogP contribution in [0.5, 0.6) is 0 Å². The van der Waals surface area contributed by atoms with E-state index in [4.69, 9.17) is 10.5 Å². The number of hydrogen-bond donors (Lipinski definition) is 0. The Balaban J connectivity index is 1.54. The lowest BCUT2D eigenvalue weighted by Gasteiger charge is -2.32. The third-order valence-electron chi connectivity index (χ3n) is 6.69. The van der Waals surface area contributed by atoms with Crippen LogP contribution in [0.15, 0.2) is 48.5 Å². The molecule has 2 heterocycles. The minimum atomic E-state index is -1.22. The zero-order valence-electron chi connectivity index (χ0n) is 19.6. The highest BCUT2D eigenvalue weighted by atomic mass is 19.1. The van der Waals surface area contributed by atoms with Gasteiger partial charge in [0.05, 0.1) is 22.5 Å². The van der Waals surface area contributed by atoms with Crippen LogP contribution in [0.1, 0.15) is 52.6 Å². The van der Waals surface area contributed by atoms with Crippen molar-refractivity contribution < 1.29 is 36.7 Å². The van der Waals surface area contributed by atoms with Gasteiger partial charge >= 0.3 is 0 Å². The molecule has 0 bridgehead atoms. The molecule has 40 heavy (non-hydrogen) atoms. The van der Waals surface area contributed by atoms with Crippen molar-refractivity contribution in [1.82, 2.24) is 0 Å². The fraction of sp³-hybridized carbons (Fsp3) is 0. The highest BCUT2D eigenvalue weighted by Crippen LogP contribution is 2.41. The van der Waals surface area contributed by atoms with E-state index in [9.17, 15) is 36.7 Å². The van der Waals surface area contributed by atoms with Crippen LogP contribution in [0.3, 0.4) is 0 Å². The first-order chi connectivity index (χ1) is 19.1. The molecule has 0 radical (unpaired) electrons. The Bertz CT molecular complexity index is 1810. The highest BCUT2D eigenvalue weighted by Gasteiger charge is 2.42. The summed E-state index contributed by atoms with van der Waals surface area (Å²) in [7, 11) is 0. The highest BCUT2D eigenvalue weighted by molar-refractivity contribution is 6.42. The topological polar surface area (TPSA) is 122 Å². The van der Waals surface area contributed by atoms with Crippen LogP contribution in [-0.4, -0.2) is 23.6 Å². The molecule has 4 aromatic carbocycles. The van der Waals surface area contributed by atoms with E-state index in [0.717, 1.165) is 24.3 Å². The van der Waals surface area contributed by atoms with Crippen LogP contribution in [-0.2, 0) is 0 Å². The van der Waals surface area contributed by atoms with Gasteiger partial charge < -0.3 is 0 Å². The molecule has 0 aromatic heterocycles. The van der Waals surface area contributed by atoms with Gasteiger partial charge in [-0.15, -0.1) is 0 Å². The number of nitriles is 2. The number of nitrogens with zero attached hydrogens (tertiary/aromatic N) is 4. The van der Waals surface area contributed by atoms with Gasteiger partial charge in [-0.3, -0.25) is 19.2 Å². The Kier molecular flexibility index (Phi) is 5.08. The number of anilines is 2. The number of hydrogen-bond acceptors (Lipinski definition) is 6. The Morgan fingerprint density at radius 1 is 0.500 bits per heavy atom. The molecule has 4 aromatic rings. The molecular weight excluding hydrogens is 532 g/mol. The third-order valence-corrected chi connectivity index (χ3v) is 6.69. The predicted molar refractivity (Wildman–Crippen MR) is 128 cm³/mol. The molecule has 0 spiro atoms. The zero-order valence-corrected chi connectivity index (χ0v) is 19.6. The minimum Gasteiger partial charge on any atom is -0.268 e.